The smallest absolute Gasteiger partial charge is 0.324 e. The number of anilines is 2. The van der Waals surface area contributed by atoms with Crippen LogP contribution in [0, 0.1) is 0 Å². The van der Waals surface area contributed by atoms with Crippen LogP contribution in [0.4, 0.5) is 24.5 Å². The molecule has 34 heavy (non-hydrogen) atoms. The molecule has 0 aliphatic carbocycles. The second-order valence-electron chi connectivity index (χ2n) is 7.96. The van der Waals surface area contributed by atoms with Gasteiger partial charge in [0, 0.05) is 38.6 Å². The van der Waals surface area contributed by atoms with E-state index < -0.39 is 40.5 Å². The van der Waals surface area contributed by atoms with Crippen molar-refractivity contribution in [3.05, 3.63) is 48.8 Å². The number of piperazine rings is 1. The van der Waals surface area contributed by atoms with Gasteiger partial charge in [-0.25, -0.2) is 8.42 Å². The number of aromatic nitrogens is 1. The molecule has 1 fully saturated rings. The number of nitrogens with one attached hydrogen (secondary N) is 1. The summed E-state index contributed by atoms with van der Waals surface area (Å²) in [6.45, 7) is 0.118. The first-order chi connectivity index (χ1) is 16.1. The van der Waals surface area contributed by atoms with Gasteiger partial charge in [0.1, 0.15) is 10.9 Å². The number of sulfonamides is 1. The van der Waals surface area contributed by atoms with Crippen LogP contribution in [0.3, 0.4) is 0 Å². The number of alkyl halides is 3. The van der Waals surface area contributed by atoms with Gasteiger partial charge in [0.15, 0.2) is 0 Å². The number of benzene rings is 1. The van der Waals surface area contributed by atoms with Crippen LogP contribution in [0.5, 0.6) is 0 Å². The number of rotatable bonds is 4. The highest BCUT2D eigenvalue weighted by Gasteiger charge is 2.49. The quantitative estimate of drug-likeness (QED) is 0.690. The third-order valence-electron chi connectivity index (χ3n) is 5.74. The summed E-state index contributed by atoms with van der Waals surface area (Å²) in [7, 11) is -3.76. The third kappa shape index (κ3) is 4.91. The minimum atomic E-state index is -4.82. The maximum absolute atomic E-state index is 13.9. The molecule has 9 nitrogen and oxygen atoms in total. The fourth-order valence-electron chi connectivity index (χ4n) is 4.04. The molecule has 2 aliphatic rings. The molecule has 3 heterocycles. The van der Waals surface area contributed by atoms with E-state index >= 15 is 0 Å². The van der Waals surface area contributed by atoms with Gasteiger partial charge in [-0.3, -0.25) is 24.4 Å². The lowest BCUT2D eigenvalue weighted by Crippen LogP contribution is -2.55. The van der Waals surface area contributed by atoms with Gasteiger partial charge in [-0.1, -0.05) is 12.1 Å². The molecule has 182 valence electrons. The Morgan fingerprint density at radius 1 is 1.09 bits per heavy atom. The maximum atomic E-state index is 13.9. The summed E-state index contributed by atoms with van der Waals surface area (Å²) < 4.78 is 68.3. The molecule has 1 saturated heterocycles. The van der Waals surface area contributed by atoms with Crippen LogP contribution >= 0.6 is 0 Å². The molecule has 1 aromatic heterocycles. The molecule has 0 saturated carbocycles. The fourth-order valence-corrected chi connectivity index (χ4v) is 5.43. The lowest BCUT2D eigenvalue weighted by atomic mass is 10.1. The Balaban J connectivity index is 1.50. The number of carbonyl (C=O) groups is 2. The zero-order valence-electron chi connectivity index (χ0n) is 17.9. The van der Waals surface area contributed by atoms with Crippen LogP contribution in [0.15, 0.2) is 53.7 Å². The second kappa shape index (κ2) is 9.31. The summed E-state index contributed by atoms with van der Waals surface area (Å²) in [5.41, 5.74) is 0.0958. The first kappa shape index (κ1) is 24.1. The molecule has 2 aromatic rings. The lowest BCUT2D eigenvalue weighted by Gasteiger charge is -2.36. The molecule has 4 rings (SSSR count). The summed E-state index contributed by atoms with van der Waals surface area (Å²) in [6, 6.07) is 6.48. The molecule has 1 atom stereocenters. The van der Waals surface area contributed by atoms with Crippen molar-refractivity contribution in [3.8, 4) is 0 Å². The van der Waals surface area contributed by atoms with Crippen LogP contribution < -0.4 is 10.2 Å². The number of fused-ring (bicyclic) bond motifs is 1. The van der Waals surface area contributed by atoms with Gasteiger partial charge in [0.2, 0.25) is 21.8 Å². The van der Waals surface area contributed by atoms with Gasteiger partial charge in [0.05, 0.1) is 24.3 Å². The third-order valence-corrected chi connectivity index (χ3v) is 7.62. The highest BCUT2D eigenvalue weighted by atomic mass is 32.2. The van der Waals surface area contributed by atoms with Crippen LogP contribution in [-0.2, 0) is 19.6 Å². The number of carbonyl (C=O) groups excluding carboxylic acids is 2. The summed E-state index contributed by atoms with van der Waals surface area (Å²) in [6.07, 6.45) is -3.03. The van der Waals surface area contributed by atoms with E-state index in [9.17, 15) is 31.2 Å². The molecule has 0 spiro atoms. The molecule has 0 radical (unpaired) electrons. The first-order valence-corrected chi connectivity index (χ1v) is 11.9. The Morgan fingerprint density at radius 2 is 1.79 bits per heavy atom. The minimum Gasteiger partial charge on any atom is -0.324 e. The highest BCUT2D eigenvalue weighted by Crippen LogP contribution is 2.37. The van der Waals surface area contributed by atoms with Gasteiger partial charge in [-0.05, 0) is 24.3 Å². The molecule has 0 bridgehead atoms. The van der Waals surface area contributed by atoms with Gasteiger partial charge in [-0.2, -0.15) is 17.5 Å². The largest absolute Gasteiger partial charge is 0.409 e. The predicted molar refractivity (Wildman–Crippen MR) is 116 cm³/mol. The van der Waals surface area contributed by atoms with Crippen molar-refractivity contribution in [2.75, 3.05) is 42.9 Å². The van der Waals surface area contributed by atoms with E-state index in [1.54, 1.807) is 11.0 Å². The van der Waals surface area contributed by atoms with Crippen molar-refractivity contribution < 1.29 is 31.2 Å². The van der Waals surface area contributed by atoms with Gasteiger partial charge < -0.3 is 5.32 Å². The predicted octanol–water partition coefficient (Wildman–Crippen LogP) is 1.69. The average molecular weight is 497 g/mol. The van der Waals surface area contributed by atoms with Crippen LogP contribution in [-0.4, -0.2) is 79.4 Å². The summed E-state index contributed by atoms with van der Waals surface area (Å²) in [4.78, 5) is 31.3. The molecular weight excluding hydrogens is 475 g/mol. The number of nitrogens with zero attached hydrogens (tertiary/aromatic N) is 4. The molecule has 1 aromatic carbocycles. The highest BCUT2D eigenvalue weighted by molar-refractivity contribution is 7.89. The van der Waals surface area contributed by atoms with Crippen molar-refractivity contribution in [1.82, 2.24) is 14.2 Å². The molecule has 13 heteroatoms. The number of halogens is 3. The molecule has 2 aliphatic heterocycles. The number of para-hydroxylation sites is 2. The van der Waals surface area contributed by atoms with Gasteiger partial charge in [0.25, 0.3) is 0 Å². The van der Waals surface area contributed by atoms with E-state index in [4.69, 9.17) is 0 Å². The van der Waals surface area contributed by atoms with Crippen LogP contribution in [0.1, 0.15) is 6.42 Å². The maximum Gasteiger partial charge on any atom is 0.409 e. The van der Waals surface area contributed by atoms with E-state index in [0.717, 1.165) is 0 Å². The van der Waals surface area contributed by atoms with E-state index in [1.807, 2.05) is 0 Å². The Labute approximate surface area is 194 Å². The van der Waals surface area contributed by atoms with Crippen molar-refractivity contribution >= 4 is 33.2 Å². The second-order valence-corrected chi connectivity index (χ2v) is 9.90. The lowest BCUT2D eigenvalue weighted by molar-refractivity contribution is -0.158. The summed E-state index contributed by atoms with van der Waals surface area (Å²) >= 11 is 0. The summed E-state index contributed by atoms with van der Waals surface area (Å²) in [5, 5.41) is 2.43. The van der Waals surface area contributed by atoms with Gasteiger partial charge in [-0.15, -0.1) is 0 Å². The van der Waals surface area contributed by atoms with Crippen molar-refractivity contribution in [2.24, 2.45) is 0 Å². The van der Waals surface area contributed by atoms with Crippen molar-refractivity contribution in [2.45, 2.75) is 23.5 Å². The minimum absolute atomic E-state index is 0.0292. The topological polar surface area (TPSA) is 103 Å². The first-order valence-electron chi connectivity index (χ1n) is 10.5. The Hall–Kier alpha value is -3.03. The number of hydrogen-bond acceptors (Lipinski definition) is 6. The molecular formula is C21H22F3N5O4S. The van der Waals surface area contributed by atoms with Crippen molar-refractivity contribution in [3.63, 3.8) is 0 Å². The van der Waals surface area contributed by atoms with Crippen LogP contribution in [0.2, 0.25) is 0 Å². The average Bonchev–Trinajstić information content (AvgIpc) is 2.95. The summed E-state index contributed by atoms with van der Waals surface area (Å²) in [5.74, 6) is -1.66. The zero-order valence-corrected chi connectivity index (χ0v) is 18.7. The monoisotopic (exact) mass is 497 g/mol. The fraction of sp³-hybridized carbons (Fsp3) is 0.381. The van der Waals surface area contributed by atoms with E-state index in [2.05, 4.69) is 10.3 Å². The van der Waals surface area contributed by atoms with Crippen molar-refractivity contribution in [1.29, 1.82) is 0 Å². The SMILES string of the molecule is O=C1CC(C(F)(F)F)N(C(=O)CN2CCN(S(=O)(=O)c3cccnc3)CC2)c2ccccc2N1. The number of amides is 2. The molecule has 2 amide bonds. The number of hydrogen-bond donors (Lipinski definition) is 1. The number of pyridine rings is 1. The van der Waals surface area contributed by atoms with Crippen LogP contribution in [0.25, 0.3) is 0 Å². The molecule has 1 unspecified atom stereocenters. The van der Waals surface area contributed by atoms with E-state index in [-0.39, 0.29) is 49.0 Å². The normalized spacial score (nSPS) is 20.4. The van der Waals surface area contributed by atoms with Gasteiger partial charge >= 0.3 is 6.18 Å². The zero-order chi connectivity index (χ0) is 24.5. The standard InChI is InChI=1S/C21H22F3N5O4S/c22-21(23,24)18-12-19(30)26-16-5-1-2-6-17(16)29(18)20(31)14-27-8-10-28(11-9-27)34(32,33)15-4-3-7-25-13-15/h1-7,13,18H,8-12,14H2,(H,26,30). The Morgan fingerprint density at radius 3 is 2.44 bits per heavy atom. The van der Waals surface area contributed by atoms with E-state index in [0.29, 0.717) is 4.90 Å². The Bertz CT molecular complexity index is 1170. The molecule has 1 N–H and O–H groups in total. The van der Waals surface area contributed by atoms with E-state index in [1.165, 1.54) is 47.0 Å². The Kier molecular flexibility index (Phi) is 6.60.